The monoisotopic (exact) mass is 156 g/mol. The Balaban J connectivity index is 0. The van der Waals surface area contributed by atoms with Crippen LogP contribution >= 0.6 is 0 Å². The van der Waals surface area contributed by atoms with Crippen molar-refractivity contribution in [3.8, 4) is 0 Å². The second-order valence-electron chi connectivity index (χ2n) is 1.28. The van der Waals surface area contributed by atoms with E-state index in [1.807, 2.05) is 0 Å². The molecule has 5 heteroatoms. The fourth-order valence-electron chi connectivity index (χ4n) is 0.172. The van der Waals surface area contributed by atoms with Gasteiger partial charge in [-0.1, -0.05) is 6.08 Å². The minimum absolute atomic E-state index is 0. The van der Waals surface area contributed by atoms with Gasteiger partial charge in [0, 0.05) is 0 Å². The van der Waals surface area contributed by atoms with Gasteiger partial charge in [-0.05, 0) is 0 Å². The highest BCUT2D eigenvalue weighted by Crippen LogP contribution is 1.83. The van der Waals surface area contributed by atoms with Crippen LogP contribution in [0.2, 0.25) is 0 Å². The molecule has 0 saturated carbocycles. The van der Waals surface area contributed by atoms with Crippen LogP contribution in [0, 0.1) is 0 Å². The van der Waals surface area contributed by atoms with Crippen molar-refractivity contribution in [2.75, 3.05) is 12.9 Å². The van der Waals surface area contributed by atoms with Gasteiger partial charge in [-0.2, -0.15) is 8.42 Å². The number of halogens is 1. The van der Waals surface area contributed by atoms with Gasteiger partial charge in [0.1, 0.15) is 0 Å². The van der Waals surface area contributed by atoms with Crippen molar-refractivity contribution in [1.82, 2.24) is 0 Å². The van der Waals surface area contributed by atoms with E-state index in [1.165, 1.54) is 6.08 Å². The Labute approximate surface area is 53.8 Å². The SMILES string of the molecule is C=CCOS(C)(=O)=O.F. The third-order valence-corrected chi connectivity index (χ3v) is 0.964. The third-order valence-electron chi connectivity index (χ3n) is 0.400. The summed E-state index contributed by atoms with van der Waals surface area (Å²) < 4.78 is 24.5. The molecule has 3 nitrogen and oxygen atoms in total. The van der Waals surface area contributed by atoms with Gasteiger partial charge < -0.3 is 0 Å². The summed E-state index contributed by atoms with van der Waals surface area (Å²) in [6.07, 6.45) is 2.37. The highest BCUT2D eigenvalue weighted by Gasteiger charge is 1.95. The summed E-state index contributed by atoms with van der Waals surface area (Å²) in [4.78, 5) is 0. The topological polar surface area (TPSA) is 43.4 Å². The maximum Gasteiger partial charge on any atom is 0.264 e. The molecule has 0 N–H and O–H groups in total. The van der Waals surface area contributed by atoms with E-state index >= 15 is 0 Å². The van der Waals surface area contributed by atoms with Gasteiger partial charge in [-0.3, -0.25) is 8.89 Å². The van der Waals surface area contributed by atoms with Crippen molar-refractivity contribution < 1.29 is 17.3 Å². The minimum atomic E-state index is -3.26. The molecule has 0 rings (SSSR count). The number of rotatable bonds is 3. The van der Waals surface area contributed by atoms with E-state index in [0.717, 1.165) is 6.26 Å². The smallest absolute Gasteiger partial charge is 0.264 e. The van der Waals surface area contributed by atoms with E-state index < -0.39 is 10.1 Å². The first-order valence-corrected chi connectivity index (χ1v) is 3.83. The van der Waals surface area contributed by atoms with E-state index in [2.05, 4.69) is 10.8 Å². The van der Waals surface area contributed by atoms with Gasteiger partial charge in [0.25, 0.3) is 10.1 Å². The van der Waals surface area contributed by atoms with Crippen LogP contribution < -0.4 is 0 Å². The molecule has 0 radical (unpaired) electrons. The largest absolute Gasteiger partial charge is 0.269 e. The van der Waals surface area contributed by atoms with Gasteiger partial charge in [0.2, 0.25) is 0 Å². The van der Waals surface area contributed by atoms with Gasteiger partial charge in [0.05, 0.1) is 12.9 Å². The molecule has 0 aromatic rings. The van der Waals surface area contributed by atoms with Gasteiger partial charge in [-0.25, -0.2) is 0 Å². The molecule has 0 aliphatic heterocycles. The first kappa shape index (κ1) is 11.4. The lowest BCUT2D eigenvalue weighted by molar-refractivity contribution is 0.362. The van der Waals surface area contributed by atoms with Crippen molar-refractivity contribution in [3.05, 3.63) is 12.7 Å². The van der Waals surface area contributed by atoms with Crippen molar-refractivity contribution >= 4 is 10.1 Å². The van der Waals surface area contributed by atoms with E-state index in [9.17, 15) is 8.42 Å². The molecular weight excluding hydrogens is 147 g/mol. The first-order chi connectivity index (χ1) is 3.56. The number of hydrogen-bond acceptors (Lipinski definition) is 3. The van der Waals surface area contributed by atoms with Crippen LogP contribution in [0.1, 0.15) is 0 Å². The standard InChI is InChI=1S/C4H8O3S.FH/c1-3-4-7-8(2,5)6;/h3H,1,4H2,2H3;1H. The molecule has 0 saturated heterocycles. The summed E-state index contributed by atoms with van der Waals surface area (Å²) >= 11 is 0. The van der Waals surface area contributed by atoms with Crippen molar-refractivity contribution in [3.63, 3.8) is 0 Å². The fraction of sp³-hybridized carbons (Fsp3) is 0.500. The minimum Gasteiger partial charge on any atom is -0.269 e. The molecule has 0 aromatic heterocycles. The van der Waals surface area contributed by atoms with Crippen molar-refractivity contribution in [2.24, 2.45) is 0 Å². The van der Waals surface area contributed by atoms with Crippen molar-refractivity contribution in [1.29, 1.82) is 0 Å². The van der Waals surface area contributed by atoms with E-state index in [-0.39, 0.29) is 11.3 Å². The third kappa shape index (κ3) is 11.3. The van der Waals surface area contributed by atoms with Gasteiger partial charge >= 0.3 is 0 Å². The Morgan fingerprint density at radius 3 is 2.22 bits per heavy atom. The molecule has 9 heavy (non-hydrogen) atoms. The predicted octanol–water partition coefficient (Wildman–Crippen LogP) is 0.301. The predicted molar refractivity (Wildman–Crippen MR) is 33.5 cm³/mol. The van der Waals surface area contributed by atoms with Crippen LogP contribution in [0.4, 0.5) is 4.70 Å². The molecule has 0 aromatic carbocycles. The quantitative estimate of drug-likeness (QED) is 0.436. The Kier molecular flexibility index (Phi) is 5.64. The lowest BCUT2D eigenvalue weighted by Gasteiger charge is -1.91. The second kappa shape index (κ2) is 4.46. The average molecular weight is 156 g/mol. The molecule has 0 aliphatic carbocycles. The van der Waals surface area contributed by atoms with Crippen LogP contribution in [0.3, 0.4) is 0 Å². The summed E-state index contributed by atoms with van der Waals surface area (Å²) in [6, 6.07) is 0. The second-order valence-corrected chi connectivity index (χ2v) is 2.92. The molecule has 0 spiro atoms. The average Bonchev–Trinajstić information content (AvgIpc) is 1.59. The van der Waals surface area contributed by atoms with Gasteiger partial charge in [0.15, 0.2) is 0 Å². The molecular formula is C4H9FO3S. The van der Waals surface area contributed by atoms with E-state index in [4.69, 9.17) is 0 Å². The van der Waals surface area contributed by atoms with Crippen molar-refractivity contribution in [2.45, 2.75) is 0 Å². The number of hydrogen-bond donors (Lipinski definition) is 0. The Hall–Kier alpha value is -0.420. The Morgan fingerprint density at radius 1 is 1.67 bits per heavy atom. The molecule has 0 fully saturated rings. The summed E-state index contributed by atoms with van der Waals surface area (Å²) in [5.41, 5.74) is 0. The normalized spacial score (nSPS) is 9.89. The first-order valence-electron chi connectivity index (χ1n) is 2.01. The van der Waals surface area contributed by atoms with Crippen LogP contribution in [-0.2, 0) is 14.3 Å². The Morgan fingerprint density at radius 2 is 2.11 bits per heavy atom. The molecule has 0 atom stereocenters. The van der Waals surface area contributed by atoms with E-state index in [0.29, 0.717) is 0 Å². The zero-order valence-corrected chi connectivity index (χ0v) is 5.85. The highest BCUT2D eigenvalue weighted by molar-refractivity contribution is 7.85. The van der Waals surface area contributed by atoms with Crippen LogP contribution in [-0.4, -0.2) is 21.3 Å². The van der Waals surface area contributed by atoms with Crippen LogP contribution in [0.25, 0.3) is 0 Å². The van der Waals surface area contributed by atoms with E-state index in [1.54, 1.807) is 0 Å². The Bertz CT molecular complexity index is 161. The zero-order valence-electron chi connectivity index (χ0n) is 5.03. The fourth-order valence-corrected chi connectivity index (χ4v) is 0.515. The summed E-state index contributed by atoms with van der Waals surface area (Å²) in [5, 5.41) is 0. The molecule has 0 amide bonds. The molecule has 56 valence electrons. The molecule has 0 bridgehead atoms. The van der Waals surface area contributed by atoms with Crippen LogP contribution in [0.15, 0.2) is 12.7 Å². The highest BCUT2D eigenvalue weighted by atomic mass is 32.2. The van der Waals surface area contributed by atoms with Crippen LogP contribution in [0.5, 0.6) is 0 Å². The van der Waals surface area contributed by atoms with Gasteiger partial charge in [-0.15, -0.1) is 6.58 Å². The lowest BCUT2D eigenvalue weighted by Crippen LogP contribution is -2.01. The zero-order chi connectivity index (χ0) is 6.62. The summed E-state index contributed by atoms with van der Waals surface area (Å²) in [6.45, 7) is 3.33. The molecule has 0 heterocycles. The maximum atomic E-state index is 10.1. The molecule has 0 unspecified atom stereocenters. The maximum absolute atomic E-state index is 10.1. The lowest BCUT2D eigenvalue weighted by atomic mass is 10.7. The summed E-state index contributed by atoms with van der Waals surface area (Å²) in [5.74, 6) is 0. The summed E-state index contributed by atoms with van der Waals surface area (Å²) in [7, 11) is -3.26. The molecule has 0 aliphatic rings.